The van der Waals surface area contributed by atoms with Gasteiger partial charge in [0.15, 0.2) is 5.13 Å². The fraction of sp³-hybridized carbons (Fsp3) is 0.308. The van der Waals surface area contributed by atoms with Crippen LogP contribution in [0.25, 0.3) is 11.3 Å². The first kappa shape index (κ1) is 11.1. The van der Waals surface area contributed by atoms with E-state index in [-0.39, 0.29) is 0 Å². The van der Waals surface area contributed by atoms with Crippen LogP contribution in [0, 0.1) is 0 Å². The molecule has 0 saturated heterocycles. The summed E-state index contributed by atoms with van der Waals surface area (Å²) in [6.45, 7) is 4.41. The van der Waals surface area contributed by atoms with Gasteiger partial charge in [-0.15, -0.1) is 11.3 Å². The second-order valence-electron chi connectivity index (χ2n) is 3.94. The van der Waals surface area contributed by atoms with Gasteiger partial charge >= 0.3 is 0 Å². The average molecular weight is 232 g/mol. The fourth-order valence-electron chi connectivity index (χ4n) is 1.67. The maximum Gasteiger partial charge on any atom is 0.180 e. The third kappa shape index (κ3) is 2.09. The van der Waals surface area contributed by atoms with Crippen molar-refractivity contribution in [1.82, 2.24) is 4.98 Å². The van der Waals surface area contributed by atoms with Crippen molar-refractivity contribution < 1.29 is 0 Å². The number of thiazole rings is 1. The van der Waals surface area contributed by atoms with E-state index >= 15 is 0 Å². The number of hydrogen-bond acceptors (Lipinski definition) is 3. The van der Waals surface area contributed by atoms with Crippen molar-refractivity contribution >= 4 is 16.5 Å². The summed E-state index contributed by atoms with van der Waals surface area (Å²) in [4.78, 5) is 5.74. The molecule has 0 aliphatic carbocycles. The smallest absolute Gasteiger partial charge is 0.180 e. The van der Waals surface area contributed by atoms with Crippen molar-refractivity contribution in [2.75, 3.05) is 5.73 Å². The second-order valence-corrected chi connectivity index (χ2v) is 5.00. The van der Waals surface area contributed by atoms with Crippen LogP contribution >= 0.6 is 11.3 Å². The Balaban J connectivity index is 2.48. The van der Waals surface area contributed by atoms with Crippen LogP contribution in [0.3, 0.4) is 0 Å². The Kier molecular flexibility index (Phi) is 3.25. The molecule has 2 N–H and O–H groups in total. The molecule has 2 nitrogen and oxygen atoms in total. The van der Waals surface area contributed by atoms with Gasteiger partial charge < -0.3 is 5.73 Å². The Labute approximate surface area is 100 Å². The number of aromatic nitrogens is 1. The Morgan fingerprint density at radius 2 is 2.00 bits per heavy atom. The molecule has 0 amide bonds. The van der Waals surface area contributed by atoms with E-state index in [0.717, 1.165) is 17.7 Å². The summed E-state index contributed by atoms with van der Waals surface area (Å²) in [6.07, 6.45) is 1.11. The lowest BCUT2D eigenvalue weighted by molar-refractivity contribution is 0.748. The molecule has 0 aliphatic heterocycles. The van der Waals surface area contributed by atoms with Gasteiger partial charge in [-0.2, -0.15) is 0 Å². The zero-order valence-corrected chi connectivity index (χ0v) is 10.4. The van der Waals surface area contributed by atoms with Gasteiger partial charge in [0.25, 0.3) is 0 Å². The molecule has 2 rings (SSSR count). The SMILES string of the molecule is CCC(C)c1sc(N)nc1-c1ccccc1. The molecule has 0 spiro atoms. The second kappa shape index (κ2) is 4.66. The van der Waals surface area contributed by atoms with E-state index in [2.05, 4.69) is 31.0 Å². The van der Waals surface area contributed by atoms with Gasteiger partial charge in [0.05, 0.1) is 5.69 Å². The Morgan fingerprint density at radius 1 is 1.31 bits per heavy atom. The molecule has 0 fully saturated rings. The third-order valence-electron chi connectivity index (χ3n) is 2.78. The summed E-state index contributed by atoms with van der Waals surface area (Å²) in [6, 6.07) is 10.2. The summed E-state index contributed by atoms with van der Waals surface area (Å²) in [7, 11) is 0. The van der Waals surface area contributed by atoms with E-state index in [9.17, 15) is 0 Å². The molecule has 3 heteroatoms. The minimum atomic E-state index is 0.519. The lowest BCUT2D eigenvalue weighted by Gasteiger charge is -2.07. The highest BCUT2D eigenvalue weighted by molar-refractivity contribution is 7.15. The van der Waals surface area contributed by atoms with Gasteiger partial charge in [0.1, 0.15) is 0 Å². The highest BCUT2D eigenvalue weighted by Crippen LogP contribution is 2.36. The summed E-state index contributed by atoms with van der Waals surface area (Å²) >= 11 is 1.61. The van der Waals surface area contributed by atoms with Crippen molar-refractivity contribution in [1.29, 1.82) is 0 Å². The van der Waals surface area contributed by atoms with E-state index < -0.39 is 0 Å². The number of rotatable bonds is 3. The minimum Gasteiger partial charge on any atom is -0.375 e. The Bertz CT molecular complexity index is 462. The van der Waals surface area contributed by atoms with Gasteiger partial charge in [0, 0.05) is 10.4 Å². The molecule has 1 aromatic carbocycles. The molecule has 16 heavy (non-hydrogen) atoms. The van der Waals surface area contributed by atoms with Gasteiger partial charge in [0.2, 0.25) is 0 Å². The highest BCUT2D eigenvalue weighted by Gasteiger charge is 2.15. The van der Waals surface area contributed by atoms with Gasteiger partial charge in [-0.25, -0.2) is 4.98 Å². The van der Waals surface area contributed by atoms with Crippen molar-refractivity contribution in [2.24, 2.45) is 0 Å². The molecule has 0 radical (unpaired) electrons. The van der Waals surface area contributed by atoms with Crippen LogP contribution in [0.5, 0.6) is 0 Å². The molecule has 2 aromatic rings. The van der Waals surface area contributed by atoms with Crippen molar-refractivity contribution in [3.63, 3.8) is 0 Å². The molecule has 1 aromatic heterocycles. The summed E-state index contributed by atoms with van der Waals surface area (Å²) in [5, 5.41) is 0.661. The largest absolute Gasteiger partial charge is 0.375 e. The Hall–Kier alpha value is -1.35. The van der Waals surface area contributed by atoms with Crippen LogP contribution < -0.4 is 5.73 Å². The van der Waals surface area contributed by atoms with Crippen LogP contribution in [0.1, 0.15) is 31.1 Å². The zero-order valence-electron chi connectivity index (χ0n) is 9.60. The maximum atomic E-state index is 5.82. The molecule has 1 unspecified atom stereocenters. The predicted molar refractivity (Wildman–Crippen MR) is 70.7 cm³/mol. The number of nitrogen functional groups attached to an aromatic ring is 1. The number of anilines is 1. The molecule has 0 saturated carbocycles. The van der Waals surface area contributed by atoms with E-state index in [0.29, 0.717) is 11.0 Å². The fourth-order valence-corrected chi connectivity index (χ4v) is 2.66. The molecule has 0 aliphatic rings. The summed E-state index contributed by atoms with van der Waals surface area (Å²) in [5.41, 5.74) is 8.03. The predicted octanol–water partition coefficient (Wildman–Crippen LogP) is 3.91. The van der Waals surface area contributed by atoms with Crippen molar-refractivity contribution in [3.8, 4) is 11.3 Å². The van der Waals surface area contributed by atoms with E-state index in [1.165, 1.54) is 4.88 Å². The minimum absolute atomic E-state index is 0.519. The monoisotopic (exact) mass is 232 g/mol. The maximum absolute atomic E-state index is 5.82. The summed E-state index contributed by atoms with van der Waals surface area (Å²) < 4.78 is 0. The van der Waals surface area contributed by atoms with E-state index in [4.69, 9.17) is 5.73 Å². The molecule has 1 heterocycles. The first-order valence-electron chi connectivity index (χ1n) is 5.54. The van der Waals surface area contributed by atoms with Crippen molar-refractivity contribution in [2.45, 2.75) is 26.2 Å². The highest BCUT2D eigenvalue weighted by atomic mass is 32.1. The lowest BCUT2D eigenvalue weighted by Crippen LogP contribution is -1.91. The van der Waals surface area contributed by atoms with Crippen LogP contribution in [-0.2, 0) is 0 Å². The number of benzene rings is 1. The lowest BCUT2D eigenvalue weighted by atomic mass is 10.0. The molecule has 0 bridgehead atoms. The van der Waals surface area contributed by atoms with Gasteiger partial charge in [-0.3, -0.25) is 0 Å². The average Bonchev–Trinajstić information content (AvgIpc) is 2.71. The number of hydrogen-bond donors (Lipinski definition) is 1. The van der Waals surface area contributed by atoms with Crippen molar-refractivity contribution in [3.05, 3.63) is 35.2 Å². The normalized spacial score (nSPS) is 12.6. The third-order valence-corrected chi connectivity index (χ3v) is 3.89. The molecule has 1 atom stereocenters. The Morgan fingerprint density at radius 3 is 2.62 bits per heavy atom. The van der Waals surface area contributed by atoms with Crippen LogP contribution in [0.2, 0.25) is 0 Å². The van der Waals surface area contributed by atoms with E-state index in [1.807, 2.05) is 18.2 Å². The molecular formula is C13H16N2S. The van der Waals surface area contributed by atoms with E-state index in [1.54, 1.807) is 11.3 Å². The molecular weight excluding hydrogens is 216 g/mol. The number of nitrogens with zero attached hydrogens (tertiary/aromatic N) is 1. The first-order chi connectivity index (χ1) is 7.72. The quantitative estimate of drug-likeness (QED) is 0.871. The van der Waals surface area contributed by atoms with Gasteiger partial charge in [-0.05, 0) is 12.3 Å². The topological polar surface area (TPSA) is 38.9 Å². The van der Waals surface area contributed by atoms with Crippen LogP contribution in [0.15, 0.2) is 30.3 Å². The van der Waals surface area contributed by atoms with Crippen LogP contribution in [0.4, 0.5) is 5.13 Å². The van der Waals surface area contributed by atoms with Crippen LogP contribution in [-0.4, -0.2) is 4.98 Å². The number of nitrogens with two attached hydrogens (primary N) is 1. The summed E-state index contributed by atoms with van der Waals surface area (Å²) in [5.74, 6) is 0.519. The first-order valence-corrected chi connectivity index (χ1v) is 6.35. The van der Waals surface area contributed by atoms with Gasteiger partial charge in [-0.1, -0.05) is 44.2 Å². The molecule has 84 valence electrons. The zero-order chi connectivity index (χ0) is 11.5. The standard InChI is InChI=1S/C13H16N2S/c1-3-9(2)12-11(15-13(14)16-12)10-7-5-4-6-8-10/h4-9H,3H2,1-2H3,(H2,14,15).